The predicted octanol–water partition coefficient (Wildman–Crippen LogP) is 5.95. The van der Waals surface area contributed by atoms with E-state index in [1.165, 1.54) is 38.5 Å². The van der Waals surface area contributed by atoms with Crippen molar-refractivity contribution in [2.75, 3.05) is 0 Å². The van der Waals surface area contributed by atoms with Crippen LogP contribution >= 0.6 is 0 Å². The van der Waals surface area contributed by atoms with Gasteiger partial charge in [0.05, 0.1) is 24.2 Å². The van der Waals surface area contributed by atoms with E-state index in [0.717, 1.165) is 43.2 Å². The maximum absolute atomic E-state index is 13.3. The van der Waals surface area contributed by atoms with Crippen LogP contribution in [0.1, 0.15) is 97.6 Å². The number of hydrogen-bond acceptors (Lipinski definition) is 3. The maximum atomic E-state index is 13.3. The molecule has 0 unspecified atom stereocenters. The summed E-state index contributed by atoms with van der Waals surface area (Å²) in [6.45, 7) is 11.5. The highest BCUT2D eigenvalue weighted by molar-refractivity contribution is 5.82. The number of fused-ring (bicyclic) bond motifs is 3. The summed E-state index contributed by atoms with van der Waals surface area (Å²) in [5, 5.41) is 10.6. The van der Waals surface area contributed by atoms with Gasteiger partial charge in [0.2, 0.25) is 0 Å². The van der Waals surface area contributed by atoms with Gasteiger partial charge in [-0.05, 0) is 100 Å². The highest BCUT2D eigenvalue weighted by Crippen LogP contribution is 2.65. The molecule has 0 radical (unpaired) electrons. The SMILES string of the molecule is CC[C@](C)(O)CC[C@@]1(C)CCC[C@@H]2[C@@H]1CC[C@]1(C)[C@@H](C(=O)Cn3cnc(C)c3)CC[C@@H]21. The van der Waals surface area contributed by atoms with E-state index in [-0.39, 0.29) is 11.3 Å². The van der Waals surface area contributed by atoms with Crippen LogP contribution in [0.4, 0.5) is 0 Å². The molecule has 0 bridgehead atoms. The molecule has 1 aromatic rings. The molecule has 3 fully saturated rings. The second-order valence-electron chi connectivity index (χ2n) is 12.1. The van der Waals surface area contributed by atoms with Gasteiger partial charge in [-0.1, -0.05) is 27.2 Å². The summed E-state index contributed by atoms with van der Waals surface area (Å²) < 4.78 is 1.97. The topological polar surface area (TPSA) is 55.1 Å². The maximum Gasteiger partial charge on any atom is 0.156 e. The van der Waals surface area contributed by atoms with Gasteiger partial charge in [-0.15, -0.1) is 0 Å². The molecule has 0 saturated heterocycles. The van der Waals surface area contributed by atoms with E-state index in [1.807, 2.05) is 24.6 Å². The number of Topliss-reactive ketones (excluding diaryl/α,β-unsaturated/α-hetero) is 1. The lowest BCUT2D eigenvalue weighted by molar-refractivity contribution is -0.131. The predicted molar refractivity (Wildman–Crippen MR) is 125 cm³/mol. The minimum absolute atomic E-state index is 0.168. The van der Waals surface area contributed by atoms with Gasteiger partial charge in [-0.2, -0.15) is 0 Å². The van der Waals surface area contributed by atoms with Crippen LogP contribution in [-0.2, 0) is 11.3 Å². The molecular formula is C27H44N2O2. The number of aromatic nitrogens is 2. The Hall–Kier alpha value is -1.16. The fraction of sp³-hybridized carbons (Fsp3) is 0.852. The van der Waals surface area contributed by atoms with Crippen molar-refractivity contribution < 1.29 is 9.90 Å². The molecule has 4 heteroatoms. The number of rotatable bonds is 7. The van der Waals surface area contributed by atoms with E-state index in [0.29, 0.717) is 23.7 Å². The van der Waals surface area contributed by atoms with Crippen molar-refractivity contribution >= 4 is 5.78 Å². The van der Waals surface area contributed by atoms with Crippen molar-refractivity contribution in [2.45, 2.75) is 111 Å². The minimum atomic E-state index is -0.532. The molecular weight excluding hydrogens is 384 g/mol. The van der Waals surface area contributed by atoms with Crippen molar-refractivity contribution in [3.05, 3.63) is 18.2 Å². The van der Waals surface area contributed by atoms with Crippen molar-refractivity contribution in [3.63, 3.8) is 0 Å². The van der Waals surface area contributed by atoms with Gasteiger partial charge in [0.25, 0.3) is 0 Å². The summed E-state index contributed by atoms with van der Waals surface area (Å²) >= 11 is 0. The average Bonchev–Trinajstić information content (AvgIpc) is 3.29. The summed E-state index contributed by atoms with van der Waals surface area (Å²) in [4.78, 5) is 17.6. The molecule has 1 aromatic heterocycles. The molecule has 4 nitrogen and oxygen atoms in total. The van der Waals surface area contributed by atoms with E-state index < -0.39 is 5.60 Å². The molecule has 4 rings (SSSR count). The van der Waals surface area contributed by atoms with Crippen LogP contribution in [0.15, 0.2) is 12.5 Å². The third-order valence-corrected chi connectivity index (χ3v) is 10.1. The molecule has 0 spiro atoms. The quantitative estimate of drug-likeness (QED) is 0.584. The van der Waals surface area contributed by atoms with Crippen molar-refractivity contribution in [2.24, 2.45) is 34.5 Å². The average molecular weight is 429 g/mol. The van der Waals surface area contributed by atoms with E-state index in [4.69, 9.17) is 0 Å². The summed E-state index contributed by atoms with van der Waals surface area (Å²) in [5.41, 5.74) is 0.962. The standard InChI is InChI=1S/C27H44N2O2/c1-6-26(4,31)15-14-25(3)12-7-8-20-21(25)11-13-27(5)22(20)9-10-23(27)24(30)17-29-16-19(2)28-18-29/h16,18,20-23,31H,6-15,17H2,1-5H3/t20-,21+,22+,23-,25-,26+,27+/m1/s1. The third-order valence-electron chi connectivity index (χ3n) is 10.1. The number of carbonyl (C=O) groups is 1. The van der Waals surface area contributed by atoms with Crippen molar-refractivity contribution in [1.29, 1.82) is 0 Å². The van der Waals surface area contributed by atoms with Gasteiger partial charge < -0.3 is 9.67 Å². The van der Waals surface area contributed by atoms with Crippen LogP contribution in [-0.4, -0.2) is 26.0 Å². The van der Waals surface area contributed by atoms with E-state index in [2.05, 4.69) is 25.8 Å². The minimum Gasteiger partial charge on any atom is -0.390 e. The Balaban J connectivity index is 1.48. The van der Waals surface area contributed by atoms with Crippen LogP contribution in [0.2, 0.25) is 0 Å². The number of nitrogens with zero attached hydrogens (tertiary/aromatic N) is 2. The summed E-state index contributed by atoms with van der Waals surface area (Å²) in [6.07, 6.45) is 15.4. The highest BCUT2D eigenvalue weighted by Gasteiger charge is 2.58. The van der Waals surface area contributed by atoms with E-state index in [9.17, 15) is 9.90 Å². The zero-order chi connectivity index (χ0) is 22.4. The second-order valence-corrected chi connectivity index (χ2v) is 12.1. The van der Waals surface area contributed by atoms with E-state index >= 15 is 0 Å². The van der Waals surface area contributed by atoms with Crippen LogP contribution in [0.3, 0.4) is 0 Å². The number of imidazole rings is 1. The Morgan fingerprint density at radius 3 is 2.68 bits per heavy atom. The molecule has 0 aromatic carbocycles. The molecule has 7 atom stereocenters. The molecule has 0 aliphatic heterocycles. The molecule has 1 N–H and O–H groups in total. The smallest absolute Gasteiger partial charge is 0.156 e. The summed E-state index contributed by atoms with van der Waals surface area (Å²) in [5.74, 6) is 2.83. The fourth-order valence-electron chi connectivity index (χ4n) is 7.90. The largest absolute Gasteiger partial charge is 0.390 e. The van der Waals surface area contributed by atoms with Crippen molar-refractivity contribution in [1.82, 2.24) is 9.55 Å². The molecule has 0 amide bonds. The fourth-order valence-corrected chi connectivity index (χ4v) is 7.90. The molecule has 174 valence electrons. The lowest BCUT2D eigenvalue weighted by Crippen LogP contribution is -2.50. The lowest BCUT2D eigenvalue weighted by atomic mass is 9.48. The van der Waals surface area contributed by atoms with E-state index in [1.54, 1.807) is 6.33 Å². The second kappa shape index (κ2) is 8.32. The van der Waals surface area contributed by atoms with Gasteiger partial charge in [0.15, 0.2) is 5.78 Å². The Labute approximate surface area is 189 Å². The lowest BCUT2D eigenvalue weighted by Gasteiger charge is -2.57. The normalized spacial score (nSPS) is 39.5. The summed E-state index contributed by atoms with van der Waals surface area (Å²) in [6, 6.07) is 0. The van der Waals surface area contributed by atoms with Crippen LogP contribution in [0.25, 0.3) is 0 Å². The molecule has 3 aliphatic rings. The van der Waals surface area contributed by atoms with Gasteiger partial charge in [0.1, 0.15) is 0 Å². The zero-order valence-electron chi connectivity index (χ0n) is 20.5. The first kappa shape index (κ1) is 23.0. The monoisotopic (exact) mass is 428 g/mol. The Morgan fingerprint density at radius 1 is 1.23 bits per heavy atom. The first-order valence-electron chi connectivity index (χ1n) is 12.8. The number of carbonyl (C=O) groups excluding carboxylic acids is 1. The molecule has 3 aliphatic carbocycles. The molecule has 31 heavy (non-hydrogen) atoms. The van der Waals surface area contributed by atoms with Crippen molar-refractivity contribution in [3.8, 4) is 0 Å². The molecule has 3 saturated carbocycles. The number of aryl methyl sites for hydroxylation is 1. The van der Waals surface area contributed by atoms with Gasteiger partial charge in [-0.25, -0.2) is 4.98 Å². The van der Waals surface area contributed by atoms with Crippen LogP contribution < -0.4 is 0 Å². The van der Waals surface area contributed by atoms with Crippen LogP contribution in [0.5, 0.6) is 0 Å². The molecule has 1 heterocycles. The Bertz CT molecular complexity index is 799. The number of aliphatic hydroxyl groups is 1. The van der Waals surface area contributed by atoms with Gasteiger partial charge >= 0.3 is 0 Å². The highest BCUT2D eigenvalue weighted by atomic mass is 16.3. The first-order valence-corrected chi connectivity index (χ1v) is 12.8. The van der Waals surface area contributed by atoms with Gasteiger partial charge in [-0.3, -0.25) is 4.79 Å². The zero-order valence-corrected chi connectivity index (χ0v) is 20.5. The Kier molecular flexibility index (Phi) is 6.17. The van der Waals surface area contributed by atoms with Crippen LogP contribution in [0, 0.1) is 41.4 Å². The summed E-state index contributed by atoms with van der Waals surface area (Å²) in [7, 11) is 0. The first-order chi connectivity index (χ1) is 14.6. The van der Waals surface area contributed by atoms with Gasteiger partial charge in [0, 0.05) is 12.1 Å². The number of hydrogen-bond donors (Lipinski definition) is 1. The third kappa shape index (κ3) is 4.26. The number of ketones is 1. The Morgan fingerprint density at radius 2 is 2.00 bits per heavy atom.